The third-order valence-electron chi connectivity index (χ3n) is 9.50. The number of nitrogens with zero attached hydrogens (tertiary/aromatic N) is 1. The van der Waals surface area contributed by atoms with Crippen LogP contribution in [0.15, 0.2) is 60.2 Å². The van der Waals surface area contributed by atoms with Gasteiger partial charge in [-0.15, -0.1) is 0 Å². The van der Waals surface area contributed by atoms with Crippen LogP contribution in [-0.4, -0.2) is 79.6 Å². The van der Waals surface area contributed by atoms with Crippen LogP contribution < -0.4 is 11.1 Å². The molecule has 3 aliphatic carbocycles. The monoisotopic (exact) mass is 600 g/mol. The number of primary amides is 1. The second-order valence-electron chi connectivity index (χ2n) is 12.3. The van der Waals surface area contributed by atoms with Gasteiger partial charge in [-0.2, -0.15) is 0 Å². The van der Waals surface area contributed by atoms with Gasteiger partial charge in [-0.25, -0.2) is 0 Å². The Labute approximate surface area is 254 Å². The number of likely N-dealkylation sites (N-methyl/N-ethyl adjacent to an activating group) is 1. The minimum atomic E-state index is -2.68. The van der Waals surface area contributed by atoms with E-state index in [1.165, 1.54) is 6.07 Å². The molecule has 44 heavy (non-hydrogen) atoms. The molecule has 0 radical (unpaired) electrons. The number of phenolic OH excluding ortho intramolecular Hbond substituents is 1. The van der Waals surface area contributed by atoms with Crippen molar-refractivity contribution >= 4 is 23.2 Å². The van der Waals surface area contributed by atoms with E-state index in [-0.39, 0.29) is 29.7 Å². The Hall–Kier alpha value is -4.29. The molecular weight excluding hydrogens is 564 g/mol. The van der Waals surface area contributed by atoms with Crippen LogP contribution in [0.25, 0.3) is 17.0 Å². The zero-order valence-corrected chi connectivity index (χ0v) is 24.4. The van der Waals surface area contributed by atoms with E-state index in [4.69, 9.17) is 5.73 Å². The number of rotatable bonds is 7. The highest BCUT2D eigenvalue weighted by Gasteiger charge is 2.67. The zero-order valence-electron chi connectivity index (χ0n) is 24.4. The topological polar surface area (TPSA) is 189 Å². The number of aliphatic hydroxyl groups is 3. The zero-order chi connectivity index (χ0) is 31.5. The molecule has 0 spiro atoms. The Kier molecular flexibility index (Phi) is 7.45. The van der Waals surface area contributed by atoms with Gasteiger partial charge in [-0.05, 0) is 68.2 Å². The SMILES string of the molecule is CN(C)[C@@H]1[C@@H](O)C(C(N)=O)C(=O)[C@@]2(O)C(=O)C3=C(O)c4c(O)ccc(-c5ccc(CNCc6ccccc6)[nH]5)c4C[C@H]3C[C@@H]12. The molecule has 3 aliphatic rings. The molecule has 1 heterocycles. The Bertz CT molecular complexity index is 1680. The molecular formula is C33H36N4O7. The average molecular weight is 601 g/mol. The number of benzene rings is 2. The first-order valence-electron chi connectivity index (χ1n) is 14.6. The number of carbonyl (C=O) groups excluding carboxylic acids is 3. The number of nitrogens with two attached hydrogens (primary N) is 1. The highest BCUT2D eigenvalue weighted by Crippen LogP contribution is 2.53. The van der Waals surface area contributed by atoms with Gasteiger partial charge in [0.05, 0.1) is 11.7 Å². The number of nitrogens with one attached hydrogen (secondary N) is 2. The summed E-state index contributed by atoms with van der Waals surface area (Å²) in [5.74, 6) is -7.62. The number of aliphatic hydroxyl groups excluding tert-OH is 2. The summed E-state index contributed by atoms with van der Waals surface area (Å²) in [6.45, 7) is 1.27. The molecule has 0 bridgehead atoms. The fourth-order valence-corrected chi connectivity index (χ4v) is 7.49. The molecule has 8 N–H and O–H groups in total. The molecule has 1 unspecified atom stereocenters. The number of H-pyrrole nitrogens is 1. The van der Waals surface area contributed by atoms with E-state index in [1.54, 1.807) is 25.1 Å². The number of amides is 1. The summed E-state index contributed by atoms with van der Waals surface area (Å²) in [6, 6.07) is 16.1. The lowest BCUT2D eigenvalue weighted by molar-refractivity contribution is -0.184. The minimum Gasteiger partial charge on any atom is -0.507 e. The Morgan fingerprint density at radius 3 is 2.48 bits per heavy atom. The average Bonchev–Trinajstić information content (AvgIpc) is 3.44. The fraction of sp³-hybridized carbons (Fsp3) is 0.364. The van der Waals surface area contributed by atoms with Gasteiger partial charge < -0.3 is 41.4 Å². The molecule has 2 saturated carbocycles. The van der Waals surface area contributed by atoms with Crippen molar-refractivity contribution in [2.45, 2.75) is 43.7 Å². The predicted octanol–water partition coefficient (Wildman–Crippen LogP) is 1.41. The Balaban J connectivity index is 1.36. The molecule has 6 rings (SSSR count). The van der Waals surface area contributed by atoms with Crippen molar-refractivity contribution in [1.29, 1.82) is 0 Å². The third kappa shape index (κ3) is 4.55. The van der Waals surface area contributed by atoms with Gasteiger partial charge in [0.1, 0.15) is 17.4 Å². The second kappa shape index (κ2) is 11.0. The van der Waals surface area contributed by atoms with Crippen molar-refractivity contribution in [3.05, 3.63) is 82.6 Å². The molecule has 0 aliphatic heterocycles. The number of hydrogen-bond donors (Lipinski definition) is 7. The van der Waals surface area contributed by atoms with E-state index in [0.29, 0.717) is 18.7 Å². The number of fused-ring (bicyclic) bond motifs is 3. The number of carbonyl (C=O) groups is 3. The molecule has 3 aromatic rings. The number of ketones is 2. The number of aromatic amines is 1. The van der Waals surface area contributed by atoms with E-state index < -0.39 is 58.7 Å². The summed E-state index contributed by atoms with van der Waals surface area (Å²) >= 11 is 0. The van der Waals surface area contributed by atoms with Gasteiger partial charge >= 0.3 is 0 Å². The molecule has 1 aromatic heterocycles. The smallest absolute Gasteiger partial charge is 0.230 e. The Morgan fingerprint density at radius 1 is 1.07 bits per heavy atom. The number of aromatic nitrogens is 1. The minimum absolute atomic E-state index is 0.0569. The quantitative estimate of drug-likeness (QED) is 0.197. The normalized spacial score (nSPS) is 28.1. The third-order valence-corrected chi connectivity index (χ3v) is 9.50. The highest BCUT2D eigenvalue weighted by atomic mass is 16.3. The van der Waals surface area contributed by atoms with E-state index >= 15 is 0 Å². The number of Topliss-reactive ketones (excluding diaryl/α,β-unsaturated/α-hetero) is 2. The van der Waals surface area contributed by atoms with E-state index in [2.05, 4.69) is 10.3 Å². The summed E-state index contributed by atoms with van der Waals surface area (Å²) < 4.78 is 0. The van der Waals surface area contributed by atoms with Crippen LogP contribution in [0.5, 0.6) is 5.75 Å². The van der Waals surface area contributed by atoms with Crippen LogP contribution in [0.3, 0.4) is 0 Å². The Morgan fingerprint density at radius 2 is 1.80 bits per heavy atom. The summed E-state index contributed by atoms with van der Waals surface area (Å²) in [7, 11) is 3.25. The van der Waals surface area contributed by atoms with Crippen molar-refractivity contribution in [1.82, 2.24) is 15.2 Å². The standard InChI is InChI=1S/C33H36N4O7/c1-37(2)27-21-13-17-12-20-19(22-10-8-18(36-22)15-35-14-16-6-4-3-5-7-16)9-11-23(38)25(20)28(39)24(17)30(41)33(21,44)31(42)26(29(27)40)32(34)43/h3-11,17,21,26-27,29,35-36,38-40,44H,12-15H2,1-2H3,(H2,34,43)/t17-,21-,26?,27-,29-,33-/m0/s1. The van der Waals surface area contributed by atoms with E-state index in [1.807, 2.05) is 42.5 Å². The van der Waals surface area contributed by atoms with Crippen molar-refractivity contribution in [3.8, 4) is 17.0 Å². The summed E-state index contributed by atoms with van der Waals surface area (Å²) in [6.07, 6.45) is -1.25. The van der Waals surface area contributed by atoms with Gasteiger partial charge in [0, 0.05) is 47.6 Å². The fourth-order valence-electron chi connectivity index (χ4n) is 7.49. The first-order chi connectivity index (χ1) is 20.9. The first-order valence-corrected chi connectivity index (χ1v) is 14.6. The van der Waals surface area contributed by atoms with Crippen LogP contribution in [0.2, 0.25) is 0 Å². The van der Waals surface area contributed by atoms with Gasteiger partial charge in [0.2, 0.25) is 11.7 Å². The summed E-state index contributed by atoms with van der Waals surface area (Å²) in [5, 5.41) is 48.6. The van der Waals surface area contributed by atoms with E-state index in [9.17, 15) is 34.8 Å². The molecule has 230 valence electrons. The lowest BCUT2D eigenvalue weighted by Gasteiger charge is -2.53. The van der Waals surface area contributed by atoms with Crippen molar-refractivity contribution in [2.24, 2.45) is 23.5 Å². The lowest BCUT2D eigenvalue weighted by atomic mass is 9.54. The van der Waals surface area contributed by atoms with Crippen LogP contribution in [0, 0.1) is 17.8 Å². The highest BCUT2D eigenvalue weighted by molar-refractivity contribution is 6.25. The van der Waals surface area contributed by atoms with Gasteiger partial charge in [-0.1, -0.05) is 30.3 Å². The van der Waals surface area contributed by atoms with Crippen molar-refractivity contribution in [3.63, 3.8) is 0 Å². The maximum Gasteiger partial charge on any atom is 0.230 e. The molecule has 2 fully saturated rings. The summed E-state index contributed by atoms with van der Waals surface area (Å²) in [4.78, 5) is 44.7. The van der Waals surface area contributed by atoms with Crippen LogP contribution in [0.1, 0.15) is 28.8 Å². The van der Waals surface area contributed by atoms with Crippen LogP contribution in [-0.2, 0) is 33.9 Å². The first kappa shape index (κ1) is 29.8. The van der Waals surface area contributed by atoms with Gasteiger partial charge in [-0.3, -0.25) is 14.4 Å². The molecule has 2 aromatic carbocycles. The number of phenols is 1. The molecule has 11 heteroatoms. The van der Waals surface area contributed by atoms with Crippen LogP contribution in [0.4, 0.5) is 0 Å². The predicted molar refractivity (Wildman–Crippen MR) is 161 cm³/mol. The van der Waals surface area contributed by atoms with Gasteiger partial charge in [0.25, 0.3) is 0 Å². The molecule has 0 saturated heterocycles. The summed E-state index contributed by atoms with van der Waals surface area (Å²) in [5.41, 5.74) is 6.83. The largest absolute Gasteiger partial charge is 0.507 e. The lowest BCUT2D eigenvalue weighted by Crippen LogP contribution is -2.73. The van der Waals surface area contributed by atoms with E-state index in [0.717, 1.165) is 22.5 Å². The van der Waals surface area contributed by atoms with Gasteiger partial charge in [0.15, 0.2) is 11.4 Å². The maximum atomic E-state index is 14.0. The molecule has 11 nitrogen and oxygen atoms in total. The number of aromatic hydroxyl groups is 1. The maximum absolute atomic E-state index is 14.0. The number of hydrogen-bond acceptors (Lipinski definition) is 9. The van der Waals surface area contributed by atoms with Crippen molar-refractivity contribution in [2.75, 3.05) is 14.1 Å². The van der Waals surface area contributed by atoms with Crippen LogP contribution >= 0.6 is 0 Å². The second-order valence-corrected chi connectivity index (χ2v) is 12.3. The molecule has 1 amide bonds. The molecule has 6 atom stereocenters. The van der Waals surface area contributed by atoms with Crippen molar-refractivity contribution < 1.29 is 34.8 Å².